The Morgan fingerprint density at radius 1 is 1.53 bits per heavy atom. The van der Waals surface area contributed by atoms with Gasteiger partial charge in [0.25, 0.3) is 5.91 Å². The van der Waals surface area contributed by atoms with Crippen molar-refractivity contribution in [2.24, 2.45) is 0 Å². The molecule has 4 heteroatoms. The van der Waals surface area contributed by atoms with E-state index in [0.29, 0.717) is 5.56 Å². The number of rotatable bonds is 6. The molecule has 0 aliphatic rings. The van der Waals surface area contributed by atoms with E-state index in [1.54, 1.807) is 12.3 Å². The summed E-state index contributed by atoms with van der Waals surface area (Å²) in [5.41, 5.74) is 0.491. The Morgan fingerprint density at radius 2 is 2.24 bits per heavy atom. The maximum atomic E-state index is 12.1. The lowest BCUT2D eigenvalue weighted by molar-refractivity contribution is 0.0900. The summed E-state index contributed by atoms with van der Waals surface area (Å²) in [7, 11) is 0. The van der Waals surface area contributed by atoms with Gasteiger partial charge >= 0.3 is 0 Å². The number of nitrogens with one attached hydrogen (secondary N) is 1. The Bertz CT molecular complexity index is 375. The van der Waals surface area contributed by atoms with Crippen LogP contribution in [0.1, 0.15) is 49.7 Å². The van der Waals surface area contributed by atoms with Gasteiger partial charge in [0.2, 0.25) is 0 Å². The van der Waals surface area contributed by atoms with Gasteiger partial charge in [-0.25, -0.2) is 0 Å². The molecule has 0 bridgehead atoms. The Hall–Kier alpha value is -0.770. The lowest BCUT2D eigenvalue weighted by Crippen LogP contribution is -2.45. The molecular weight excluding hydrogens is 282 g/mol. The zero-order chi connectivity index (χ0) is 12.9. The van der Waals surface area contributed by atoms with Gasteiger partial charge in [-0.1, -0.05) is 29.8 Å². The van der Waals surface area contributed by atoms with Crippen LogP contribution in [0, 0.1) is 0 Å². The van der Waals surface area contributed by atoms with Crippen molar-refractivity contribution < 1.29 is 9.21 Å². The fourth-order valence-corrected chi connectivity index (χ4v) is 2.57. The highest BCUT2D eigenvalue weighted by Gasteiger charge is 2.25. The highest BCUT2D eigenvalue weighted by Crippen LogP contribution is 2.18. The van der Waals surface area contributed by atoms with Crippen LogP contribution >= 0.6 is 15.9 Å². The molecule has 1 unspecified atom stereocenters. The van der Waals surface area contributed by atoms with E-state index >= 15 is 0 Å². The molecule has 0 saturated heterocycles. The Morgan fingerprint density at radius 3 is 2.76 bits per heavy atom. The number of furan rings is 1. The van der Waals surface area contributed by atoms with Crippen LogP contribution in [0.3, 0.4) is 0 Å². The van der Waals surface area contributed by atoms with E-state index < -0.39 is 0 Å². The molecule has 1 N–H and O–H groups in total. The summed E-state index contributed by atoms with van der Waals surface area (Å²) in [6, 6.07) is 1.73. The molecular formula is C13H20BrNO2. The predicted molar refractivity (Wildman–Crippen MR) is 72.7 cm³/mol. The fourth-order valence-electron chi connectivity index (χ4n) is 1.69. The average molecular weight is 302 g/mol. The monoisotopic (exact) mass is 301 g/mol. The van der Waals surface area contributed by atoms with Gasteiger partial charge in [0.1, 0.15) is 5.76 Å². The van der Waals surface area contributed by atoms with E-state index in [9.17, 15) is 4.79 Å². The van der Waals surface area contributed by atoms with Gasteiger partial charge < -0.3 is 9.73 Å². The van der Waals surface area contributed by atoms with Crippen molar-refractivity contribution in [3.8, 4) is 0 Å². The van der Waals surface area contributed by atoms with Crippen molar-refractivity contribution >= 4 is 21.8 Å². The first-order valence-corrected chi connectivity index (χ1v) is 7.13. The summed E-state index contributed by atoms with van der Waals surface area (Å²) in [6.07, 6.45) is 4.12. The second-order valence-corrected chi connectivity index (χ2v) is 5.21. The largest absolute Gasteiger partial charge is 0.469 e. The summed E-state index contributed by atoms with van der Waals surface area (Å²) in [6.45, 7) is 6.13. The molecule has 1 amide bonds. The Balaban J connectivity index is 2.77. The number of halogens is 1. The zero-order valence-electron chi connectivity index (χ0n) is 10.7. The third kappa shape index (κ3) is 3.60. The first-order valence-electron chi connectivity index (χ1n) is 6.01. The third-order valence-corrected chi connectivity index (χ3v) is 3.55. The summed E-state index contributed by atoms with van der Waals surface area (Å²) in [5.74, 6) is 0.709. The quantitative estimate of drug-likeness (QED) is 0.817. The molecule has 3 nitrogen and oxygen atoms in total. The molecule has 1 aromatic rings. The van der Waals surface area contributed by atoms with Crippen LogP contribution in [-0.2, 0) is 6.42 Å². The van der Waals surface area contributed by atoms with Crippen LogP contribution in [0.15, 0.2) is 16.7 Å². The third-order valence-electron chi connectivity index (χ3n) is 3.15. The van der Waals surface area contributed by atoms with Crippen LogP contribution in [-0.4, -0.2) is 16.8 Å². The fraction of sp³-hybridized carbons (Fsp3) is 0.615. The number of hydrogen-bond donors (Lipinski definition) is 1. The molecule has 0 aliphatic carbocycles. The number of hydrogen-bond acceptors (Lipinski definition) is 2. The van der Waals surface area contributed by atoms with E-state index in [1.165, 1.54) is 0 Å². The van der Waals surface area contributed by atoms with Gasteiger partial charge in [0.05, 0.1) is 11.8 Å². The minimum absolute atomic E-state index is 0.0408. The smallest absolute Gasteiger partial charge is 0.255 e. The molecule has 17 heavy (non-hydrogen) atoms. The SMILES string of the molecule is CCc1occc1C(=O)NC(C)(CC)CCBr. The van der Waals surface area contributed by atoms with Gasteiger partial charge in [0, 0.05) is 17.3 Å². The van der Waals surface area contributed by atoms with Crippen molar-refractivity contribution in [2.75, 3.05) is 5.33 Å². The maximum absolute atomic E-state index is 12.1. The van der Waals surface area contributed by atoms with Crippen LogP contribution in [0.4, 0.5) is 0 Å². The minimum Gasteiger partial charge on any atom is -0.469 e. The zero-order valence-corrected chi connectivity index (χ0v) is 12.3. The molecule has 1 rings (SSSR count). The molecule has 0 aliphatic heterocycles. The van der Waals surface area contributed by atoms with Crippen molar-refractivity contribution in [3.05, 3.63) is 23.7 Å². The number of amides is 1. The molecule has 1 atom stereocenters. The first kappa shape index (κ1) is 14.3. The van der Waals surface area contributed by atoms with E-state index in [-0.39, 0.29) is 11.4 Å². The van der Waals surface area contributed by atoms with Crippen molar-refractivity contribution in [1.82, 2.24) is 5.32 Å². The molecule has 96 valence electrons. The van der Waals surface area contributed by atoms with Crippen LogP contribution in [0.5, 0.6) is 0 Å². The summed E-state index contributed by atoms with van der Waals surface area (Å²) in [4.78, 5) is 12.1. The second-order valence-electron chi connectivity index (χ2n) is 4.42. The van der Waals surface area contributed by atoms with E-state index in [2.05, 4.69) is 35.1 Å². The number of aryl methyl sites for hydroxylation is 1. The molecule has 1 aromatic heterocycles. The molecule has 0 spiro atoms. The molecule has 0 fully saturated rings. The van der Waals surface area contributed by atoms with E-state index in [4.69, 9.17) is 4.42 Å². The highest BCUT2D eigenvalue weighted by atomic mass is 79.9. The summed E-state index contributed by atoms with van der Waals surface area (Å²) >= 11 is 3.42. The normalized spacial score (nSPS) is 14.4. The molecule has 0 saturated carbocycles. The van der Waals surface area contributed by atoms with Gasteiger partial charge in [-0.15, -0.1) is 0 Å². The standard InChI is InChI=1S/C13H20BrNO2/c1-4-11-10(6-9-17-11)12(16)15-13(3,5-2)7-8-14/h6,9H,4-5,7-8H2,1-3H3,(H,15,16). The Labute approximate surface area is 111 Å². The lowest BCUT2D eigenvalue weighted by Gasteiger charge is -2.29. The van der Waals surface area contributed by atoms with Crippen LogP contribution in [0.25, 0.3) is 0 Å². The maximum Gasteiger partial charge on any atom is 0.255 e. The topological polar surface area (TPSA) is 42.2 Å². The predicted octanol–water partition coefficient (Wildman–Crippen LogP) is 3.53. The molecule has 1 heterocycles. The van der Waals surface area contributed by atoms with E-state index in [0.717, 1.165) is 30.4 Å². The summed E-state index contributed by atoms with van der Waals surface area (Å²) in [5, 5.41) is 3.97. The van der Waals surface area contributed by atoms with Crippen LogP contribution < -0.4 is 5.32 Å². The molecule has 0 radical (unpaired) electrons. The molecule has 0 aromatic carbocycles. The van der Waals surface area contributed by atoms with Crippen molar-refractivity contribution in [1.29, 1.82) is 0 Å². The van der Waals surface area contributed by atoms with Crippen molar-refractivity contribution in [3.63, 3.8) is 0 Å². The number of carbonyl (C=O) groups is 1. The number of carbonyl (C=O) groups excluding carboxylic acids is 1. The highest BCUT2D eigenvalue weighted by molar-refractivity contribution is 9.09. The van der Waals surface area contributed by atoms with Gasteiger partial charge in [-0.3, -0.25) is 4.79 Å². The average Bonchev–Trinajstić information content (AvgIpc) is 2.77. The van der Waals surface area contributed by atoms with Crippen molar-refractivity contribution in [2.45, 2.75) is 45.6 Å². The van der Waals surface area contributed by atoms with E-state index in [1.807, 2.05) is 6.92 Å². The summed E-state index contributed by atoms with van der Waals surface area (Å²) < 4.78 is 5.27. The Kier molecular flexibility index (Phi) is 5.25. The second kappa shape index (κ2) is 6.24. The number of alkyl halides is 1. The minimum atomic E-state index is -0.164. The van der Waals surface area contributed by atoms with Gasteiger partial charge in [-0.05, 0) is 25.8 Å². The van der Waals surface area contributed by atoms with Crippen LogP contribution in [0.2, 0.25) is 0 Å². The van der Waals surface area contributed by atoms with Gasteiger partial charge in [-0.2, -0.15) is 0 Å². The first-order chi connectivity index (χ1) is 8.06. The van der Waals surface area contributed by atoms with Gasteiger partial charge in [0.15, 0.2) is 0 Å². The lowest BCUT2D eigenvalue weighted by atomic mass is 9.95.